The van der Waals surface area contributed by atoms with E-state index in [2.05, 4.69) is 0 Å². The molecule has 0 unspecified atom stereocenters. The number of nitrogens with two attached hydrogens (primary N) is 1. The molecule has 0 fully saturated rings. The van der Waals surface area contributed by atoms with Gasteiger partial charge in [0.05, 0.1) is 12.9 Å². The Morgan fingerprint density at radius 1 is 1.27 bits per heavy atom. The van der Waals surface area contributed by atoms with Gasteiger partial charge in [-0.25, -0.2) is 0 Å². The first-order chi connectivity index (χ1) is 5.33. The summed E-state index contributed by atoms with van der Waals surface area (Å²) in [7, 11) is 1.68. The van der Waals surface area contributed by atoms with Gasteiger partial charge in [-0.3, -0.25) is 0 Å². The molecule has 0 aromatic heterocycles. The summed E-state index contributed by atoms with van der Waals surface area (Å²) in [5.74, 6) is 1.02. The van der Waals surface area contributed by atoms with E-state index < -0.39 is 0 Å². The monoisotopic (exact) mass is 155 g/mol. The summed E-state index contributed by atoms with van der Waals surface area (Å²) in [4.78, 5) is 0. The second-order valence-corrected chi connectivity index (χ2v) is 2.08. The van der Waals surface area contributed by atoms with Crippen molar-refractivity contribution in [2.24, 2.45) is 5.73 Å². The molecule has 0 atom stereocenters. The topological polar surface area (TPSA) is 35.2 Å². The van der Waals surface area contributed by atoms with E-state index in [0.717, 1.165) is 24.3 Å². The van der Waals surface area contributed by atoms with Crippen molar-refractivity contribution in [1.82, 2.24) is 0 Å². The van der Waals surface area contributed by atoms with Crippen LogP contribution in [-0.4, -0.2) is 7.11 Å². The highest BCUT2D eigenvalue weighted by Crippen LogP contribution is 2.14. The lowest BCUT2D eigenvalue weighted by molar-refractivity contribution is 0.275. The Kier molecular flexibility index (Phi) is 5.35. The van der Waals surface area contributed by atoms with Crippen molar-refractivity contribution in [2.45, 2.75) is 26.7 Å². The molecule has 0 spiro atoms. The van der Waals surface area contributed by atoms with Gasteiger partial charge in [0.25, 0.3) is 0 Å². The van der Waals surface area contributed by atoms with Crippen LogP contribution in [0, 0.1) is 0 Å². The van der Waals surface area contributed by atoms with E-state index >= 15 is 0 Å². The van der Waals surface area contributed by atoms with Crippen LogP contribution in [0.2, 0.25) is 0 Å². The summed E-state index contributed by atoms with van der Waals surface area (Å²) in [5.41, 5.74) is 6.45. The molecule has 2 N–H and O–H groups in total. The highest BCUT2D eigenvalue weighted by atomic mass is 16.5. The molecule has 0 aromatic carbocycles. The summed E-state index contributed by atoms with van der Waals surface area (Å²) in [5, 5.41) is 0. The minimum absolute atomic E-state index is 0.930. The largest absolute Gasteiger partial charge is 0.501 e. The number of rotatable bonds is 1. The first kappa shape index (κ1) is 10.1. The Balaban J connectivity index is 0.000000461. The van der Waals surface area contributed by atoms with Crippen LogP contribution < -0.4 is 5.73 Å². The molecule has 64 valence electrons. The summed E-state index contributed by atoms with van der Waals surface area (Å²) in [6, 6.07) is 0. The molecule has 2 heteroatoms. The molecule has 0 saturated heterocycles. The molecule has 1 aliphatic rings. The Hall–Kier alpha value is -0.920. The van der Waals surface area contributed by atoms with E-state index in [0.29, 0.717) is 0 Å². The molecule has 1 aliphatic carbocycles. The molecule has 0 radical (unpaired) electrons. The first-order valence-electron chi connectivity index (χ1n) is 4.02. The maximum atomic E-state index is 5.51. The standard InChI is InChI=1S/C7H11NO.C2H6/c1-9-7-4-2-6(8)3-5-7;1-2/h2,4H,3,5,8H2,1H3;1-2H3. The van der Waals surface area contributed by atoms with Gasteiger partial charge in [-0.2, -0.15) is 0 Å². The zero-order valence-electron chi connectivity index (χ0n) is 7.55. The van der Waals surface area contributed by atoms with Crippen molar-refractivity contribution >= 4 is 0 Å². The second-order valence-electron chi connectivity index (χ2n) is 2.08. The third-order valence-corrected chi connectivity index (χ3v) is 1.41. The summed E-state index contributed by atoms with van der Waals surface area (Å²) in [6.45, 7) is 4.00. The van der Waals surface area contributed by atoms with E-state index in [1.807, 2.05) is 26.0 Å². The van der Waals surface area contributed by atoms with Gasteiger partial charge >= 0.3 is 0 Å². The molecule has 0 heterocycles. The van der Waals surface area contributed by atoms with E-state index in [1.165, 1.54) is 0 Å². The van der Waals surface area contributed by atoms with Crippen LogP contribution >= 0.6 is 0 Å². The van der Waals surface area contributed by atoms with Crippen LogP contribution in [0.4, 0.5) is 0 Å². The Labute approximate surface area is 68.7 Å². The molecule has 0 amide bonds. The number of allylic oxidation sites excluding steroid dienone is 4. The number of methoxy groups -OCH3 is 1. The molecule has 0 saturated carbocycles. The van der Waals surface area contributed by atoms with Crippen molar-refractivity contribution in [2.75, 3.05) is 7.11 Å². The van der Waals surface area contributed by atoms with Crippen LogP contribution in [0.15, 0.2) is 23.6 Å². The fourth-order valence-electron chi connectivity index (χ4n) is 0.804. The highest BCUT2D eigenvalue weighted by Gasteiger charge is 2.01. The molecule has 0 aliphatic heterocycles. The van der Waals surface area contributed by atoms with Gasteiger partial charge in [-0.15, -0.1) is 0 Å². The minimum Gasteiger partial charge on any atom is -0.501 e. The van der Waals surface area contributed by atoms with Crippen LogP contribution in [0.3, 0.4) is 0 Å². The second kappa shape index (κ2) is 5.83. The minimum atomic E-state index is 0.930. The van der Waals surface area contributed by atoms with E-state index in [1.54, 1.807) is 7.11 Å². The van der Waals surface area contributed by atoms with Crippen molar-refractivity contribution < 1.29 is 4.74 Å². The van der Waals surface area contributed by atoms with Crippen molar-refractivity contribution in [1.29, 1.82) is 0 Å². The average Bonchev–Trinajstić information content (AvgIpc) is 2.10. The SMILES string of the molecule is CC.COC1=CC=C(N)CC1. The van der Waals surface area contributed by atoms with Gasteiger partial charge in [0.15, 0.2) is 0 Å². The number of hydrogen-bond acceptors (Lipinski definition) is 2. The molecular formula is C9H17NO. The van der Waals surface area contributed by atoms with Gasteiger partial charge in [0.2, 0.25) is 0 Å². The number of ether oxygens (including phenoxy) is 1. The highest BCUT2D eigenvalue weighted by molar-refractivity contribution is 5.18. The molecule has 1 rings (SSSR count). The lowest BCUT2D eigenvalue weighted by Gasteiger charge is -2.09. The maximum absolute atomic E-state index is 5.51. The van der Waals surface area contributed by atoms with Crippen LogP contribution in [0.25, 0.3) is 0 Å². The zero-order valence-corrected chi connectivity index (χ0v) is 7.55. The molecule has 11 heavy (non-hydrogen) atoms. The fraction of sp³-hybridized carbons (Fsp3) is 0.556. The summed E-state index contributed by atoms with van der Waals surface area (Å²) >= 11 is 0. The lowest BCUT2D eigenvalue weighted by Crippen LogP contribution is -2.02. The summed E-state index contributed by atoms with van der Waals surface area (Å²) < 4.78 is 5.00. The van der Waals surface area contributed by atoms with Crippen LogP contribution in [0.1, 0.15) is 26.7 Å². The quantitative estimate of drug-likeness (QED) is 0.630. The zero-order chi connectivity index (χ0) is 8.69. The smallest absolute Gasteiger partial charge is 0.0959 e. The predicted molar refractivity (Wildman–Crippen MR) is 47.9 cm³/mol. The van der Waals surface area contributed by atoms with E-state index in [-0.39, 0.29) is 0 Å². The third kappa shape index (κ3) is 3.71. The molecule has 0 bridgehead atoms. The molecule has 2 nitrogen and oxygen atoms in total. The first-order valence-corrected chi connectivity index (χ1v) is 4.02. The predicted octanol–water partition coefficient (Wildman–Crippen LogP) is 2.18. The lowest BCUT2D eigenvalue weighted by atomic mass is 10.1. The fourth-order valence-corrected chi connectivity index (χ4v) is 0.804. The van der Waals surface area contributed by atoms with E-state index in [9.17, 15) is 0 Å². The van der Waals surface area contributed by atoms with Gasteiger partial charge in [0.1, 0.15) is 0 Å². The van der Waals surface area contributed by atoms with Crippen LogP contribution in [0.5, 0.6) is 0 Å². The normalized spacial score (nSPS) is 15.5. The van der Waals surface area contributed by atoms with Crippen molar-refractivity contribution in [3.05, 3.63) is 23.6 Å². The van der Waals surface area contributed by atoms with Gasteiger partial charge in [-0.1, -0.05) is 13.8 Å². The summed E-state index contributed by atoms with van der Waals surface area (Å²) in [6.07, 6.45) is 5.68. The van der Waals surface area contributed by atoms with Crippen LogP contribution in [-0.2, 0) is 4.74 Å². The number of hydrogen-bond donors (Lipinski definition) is 1. The Morgan fingerprint density at radius 2 is 1.91 bits per heavy atom. The maximum Gasteiger partial charge on any atom is 0.0959 e. The van der Waals surface area contributed by atoms with Crippen molar-refractivity contribution in [3.8, 4) is 0 Å². The van der Waals surface area contributed by atoms with Gasteiger partial charge in [-0.05, 0) is 18.6 Å². The Bertz CT molecular complexity index is 159. The molecule has 0 aromatic rings. The average molecular weight is 155 g/mol. The third-order valence-electron chi connectivity index (χ3n) is 1.41. The van der Waals surface area contributed by atoms with Gasteiger partial charge in [0, 0.05) is 12.1 Å². The van der Waals surface area contributed by atoms with Gasteiger partial charge < -0.3 is 10.5 Å². The Morgan fingerprint density at radius 3 is 2.27 bits per heavy atom. The van der Waals surface area contributed by atoms with Crippen molar-refractivity contribution in [3.63, 3.8) is 0 Å². The molecular weight excluding hydrogens is 138 g/mol. The van der Waals surface area contributed by atoms with E-state index in [4.69, 9.17) is 10.5 Å².